The first-order valence-corrected chi connectivity index (χ1v) is 10.4. The van der Waals surface area contributed by atoms with Crippen molar-refractivity contribution >= 4 is 39.3 Å². The fourth-order valence-electron chi connectivity index (χ4n) is 3.02. The van der Waals surface area contributed by atoms with Crippen molar-refractivity contribution in [3.05, 3.63) is 80.9 Å². The third-order valence-corrected chi connectivity index (χ3v) is 6.01. The summed E-state index contributed by atoms with van der Waals surface area (Å²) in [5.41, 5.74) is 3.25. The molecule has 0 bridgehead atoms. The van der Waals surface area contributed by atoms with Crippen molar-refractivity contribution in [3.63, 3.8) is 0 Å². The number of aryl methyl sites for hydroxylation is 1. The summed E-state index contributed by atoms with van der Waals surface area (Å²) in [7, 11) is 0. The van der Waals surface area contributed by atoms with Gasteiger partial charge in [-0.3, -0.25) is 14.2 Å². The van der Waals surface area contributed by atoms with Gasteiger partial charge in [-0.25, -0.2) is 4.68 Å². The van der Waals surface area contributed by atoms with Gasteiger partial charge in [0.1, 0.15) is 11.7 Å². The summed E-state index contributed by atoms with van der Waals surface area (Å²) < 4.78 is 6.12. The van der Waals surface area contributed by atoms with E-state index in [9.17, 15) is 4.79 Å². The number of nitrogens with one attached hydrogen (secondary N) is 1. The molecule has 1 amide bonds. The molecular formula is C20H19BrClN7O. The number of aromatic nitrogens is 6. The molecule has 1 N–H and O–H groups in total. The lowest BCUT2D eigenvalue weighted by molar-refractivity contribution is 0.102. The van der Waals surface area contributed by atoms with E-state index < -0.39 is 0 Å². The van der Waals surface area contributed by atoms with Gasteiger partial charge in [0.2, 0.25) is 0 Å². The maximum Gasteiger partial charge on any atom is 0.277 e. The van der Waals surface area contributed by atoms with Crippen LogP contribution in [0.4, 0.5) is 5.82 Å². The van der Waals surface area contributed by atoms with Crippen LogP contribution in [0.25, 0.3) is 0 Å². The van der Waals surface area contributed by atoms with Crippen molar-refractivity contribution in [1.82, 2.24) is 29.3 Å². The first kappa shape index (κ1) is 20.4. The Morgan fingerprint density at radius 1 is 1.10 bits per heavy atom. The van der Waals surface area contributed by atoms with Gasteiger partial charge >= 0.3 is 0 Å². The number of carbonyl (C=O) groups excluding carboxylic acids is 1. The molecule has 0 atom stereocenters. The topological polar surface area (TPSA) is 82.6 Å². The van der Waals surface area contributed by atoms with Crippen LogP contribution >= 0.6 is 27.5 Å². The van der Waals surface area contributed by atoms with Gasteiger partial charge in [-0.15, -0.1) is 0 Å². The summed E-state index contributed by atoms with van der Waals surface area (Å²) in [6.45, 7) is 4.85. The number of nitrogens with zero attached hydrogens (tertiary/aromatic N) is 6. The number of benzene rings is 1. The second-order valence-electron chi connectivity index (χ2n) is 6.83. The quantitative estimate of drug-likeness (QED) is 0.443. The van der Waals surface area contributed by atoms with Gasteiger partial charge in [0, 0.05) is 12.4 Å². The Hall–Kier alpha value is -2.91. The summed E-state index contributed by atoms with van der Waals surface area (Å²) >= 11 is 9.76. The molecule has 1 aromatic carbocycles. The number of halogens is 2. The van der Waals surface area contributed by atoms with Crippen LogP contribution in [0.3, 0.4) is 0 Å². The van der Waals surface area contributed by atoms with Crippen molar-refractivity contribution in [2.45, 2.75) is 27.1 Å². The first-order chi connectivity index (χ1) is 14.4. The van der Waals surface area contributed by atoms with E-state index in [-0.39, 0.29) is 11.6 Å². The number of hydrogen-bond acceptors (Lipinski definition) is 4. The Balaban J connectivity index is 1.44. The lowest BCUT2D eigenvalue weighted by Crippen LogP contribution is -2.16. The second-order valence-corrected chi connectivity index (χ2v) is 8.03. The SMILES string of the molecule is Cc1nn(Cn2ccc(C(=O)Nc3nn(Cc4ccccc4)cc3Cl)n2)c(C)c1Br. The Labute approximate surface area is 186 Å². The number of amides is 1. The van der Waals surface area contributed by atoms with Crippen LogP contribution in [0, 0.1) is 13.8 Å². The van der Waals surface area contributed by atoms with Gasteiger partial charge in [-0.2, -0.15) is 15.3 Å². The van der Waals surface area contributed by atoms with Crippen molar-refractivity contribution in [3.8, 4) is 0 Å². The van der Waals surface area contributed by atoms with Crippen molar-refractivity contribution in [2.75, 3.05) is 5.32 Å². The molecule has 0 aliphatic heterocycles. The Morgan fingerprint density at radius 3 is 2.57 bits per heavy atom. The fraction of sp³-hybridized carbons (Fsp3) is 0.200. The number of hydrogen-bond donors (Lipinski definition) is 1. The number of rotatable bonds is 6. The van der Waals surface area contributed by atoms with E-state index in [1.54, 1.807) is 27.8 Å². The third kappa shape index (κ3) is 4.31. The van der Waals surface area contributed by atoms with E-state index in [2.05, 4.69) is 36.5 Å². The minimum absolute atomic E-state index is 0.268. The molecule has 0 fully saturated rings. The molecule has 0 saturated heterocycles. The highest BCUT2D eigenvalue weighted by molar-refractivity contribution is 9.10. The average molecular weight is 489 g/mol. The zero-order valence-corrected chi connectivity index (χ0v) is 18.7. The zero-order chi connectivity index (χ0) is 21.3. The maximum atomic E-state index is 12.6. The first-order valence-electron chi connectivity index (χ1n) is 9.22. The normalized spacial score (nSPS) is 11.1. The van der Waals surface area contributed by atoms with Crippen molar-refractivity contribution < 1.29 is 4.79 Å². The summed E-state index contributed by atoms with van der Waals surface area (Å²) in [5.74, 6) is -0.0789. The van der Waals surface area contributed by atoms with Gasteiger partial charge in [-0.05, 0) is 41.4 Å². The van der Waals surface area contributed by atoms with Gasteiger partial charge < -0.3 is 5.32 Å². The highest BCUT2D eigenvalue weighted by Crippen LogP contribution is 2.21. The molecule has 154 valence electrons. The Kier molecular flexibility index (Phi) is 5.74. The summed E-state index contributed by atoms with van der Waals surface area (Å²) in [6.07, 6.45) is 3.42. The lowest BCUT2D eigenvalue weighted by atomic mass is 10.2. The molecule has 0 spiro atoms. The number of anilines is 1. The summed E-state index contributed by atoms with van der Waals surface area (Å²) in [6, 6.07) is 11.5. The van der Waals surface area contributed by atoms with E-state index >= 15 is 0 Å². The molecule has 0 radical (unpaired) electrons. The van der Waals surface area contributed by atoms with E-state index in [1.165, 1.54) is 0 Å². The Morgan fingerprint density at radius 2 is 1.87 bits per heavy atom. The maximum absolute atomic E-state index is 12.6. The largest absolute Gasteiger partial charge is 0.302 e. The smallest absolute Gasteiger partial charge is 0.277 e. The molecule has 8 nitrogen and oxygen atoms in total. The molecule has 4 aromatic rings. The monoisotopic (exact) mass is 487 g/mol. The molecule has 4 rings (SSSR count). The number of carbonyl (C=O) groups is 1. The molecule has 0 saturated carbocycles. The van der Waals surface area contributed by atoms with Gasteiger partial charge in [-0.1, -0.05) is 41.9 Å². The minimum atomic E-state index is -0.379. The molecular weight excluding hydrogens is 470 g/mol. The lowest BCUT2D eigenvalue weighted by Gasteiger charge is -2.04. The van der Waals surface area contributed by atoms with Crippen LogP contribution in [0.2, 0.25) is 5.02 Å². The van der Waals surface area contributed by atoms with Gasteiger partial charge in [0.05, 0.1) is 22.4 Å². The van der Waals surface area contributed by atoms with Gasteiger partial charge in [0.25, 0.3) is 5.91 Å². The third-order valence-electron chi connectivity index (χ3n) is 4.58. The molecule has 3 heterocycles. The van der Waals surface area contributed by atoms with E-state index in [1.807, 2.05) is 48.9 Å². The molecule has 0 aliphatic rings. The highest BCUT2D eigenvalue weighted by Gasteiger charge is 2.16. The highest BCUT2D eigenvalue weighted by atomic mass is 79.9. The predicted octanol–water partition coefficient (Wildman–Crippen LogP) is 4.12. The standard InChI is InChI=1S/C20H19BrClN7O/c1-13-18(21)14(2)29(24-13)12-27-9-8-17(25-27)20(30)23-19-16(22)11-28(26-19)10-15-6-4-3-5-7-15/h3-9,11H,10,12H2,1-2H3,(H,23,26,30). The van der Waals surface area contributed by atoms with Crippen molar-refractivity contribution in [1.29, 1.82) is 0 Å². The van der Waals surface area contributed by atoms with Crippen LogP contribution in [0.5, 0.6) is 0 Å². The Bertz CT molecular complexity index is 1200. The van der Waals surface area contributed by atoms with Crippen LogP contribution in [0.1, 0.15) is 27.4 Å². The average Bonchev–Trinajstić information content (AvgIpc) is 3.39. The van der Waals surface area contributed by atoms with E-state index in [4.69, 9.17) is 11.6 Å². The van der Waals surface area contributed by atoms with Crippen LogP contribution < -0.4 is 5.32 Å². The molecule has 0 aliphatic carbocycles. The van der Waals surface area contributed by atoms with Crippen LogP contribution in [-0.4, -0.2) is 35.2 Å². The molecule has 30 heavy (non-hydrogen) atoms. The fourth-order valence-corrected chi connectivity index (χ4v) is 3.50. The van der Waals surface area contributed by atoms with E-state index in [0.717, 1.165) is 21.4 Å². The minimum Gasteiger partial charge on any atom is -0.302 e. The zero-order valence-electron chi connectivity index (χ0n) is 16.4. The predicted molar refractivity (Wildman–Crippen MR) is 118 cm³/mol. The van der Waals surface area contributed by atoms with E-state index in [0.29, 0.717) is 24.1 Å². The molecule has 3 aromatic heterocycles. The molecule has 0 unspecified atom stereocenters. The van der Waals surface area contributed by atoms with Crippen molar-refractivity contribution in [2.24, 2.45) is 0 Å². The molecule has 10 heteroatoms. The van der Waals surface area contributed by atoms with Gasteiger partial charge in [0.15, 0.2) is 11.5 Å². The summed E-state index contributed by atoms with van der Waals surface area (Å²) in [4.78, 5) is 12.6. The van der Waals surface area contributed by atoms with Crippen LogP contribution in [-0.2, 0) is 13.2 Å². The second kappa shape index (κ2) is 8.45. The summed E-state index contributed by atoms with van der Waals surface area (Å²) in [5, 5.41) is 16.3. The van der Waals surface area contributed by atoms with Crippen LogP contribution in [0.15, 0.2) is 53.3 Å².